The number of hydrogen-bond acceptors (Lipinski definition) is 10. The molecule has 6 aromatic carbocycles. The van der Waals surface area contributed by atoms with Gasteiger partial charge >= 0.3 is 18.0 Å². The number of aliphatic carboxylic acids is 1. The van der Waals surface area contributed by atoms with E-state index in [2.05, 4.69) is 0 Å². The third kappa shape index (κ3) is 14.7. The molecule has 368 valence electrons. The minimum Gasteiger partial charge on any atom is -0.485 e. The zero-order chi connectivity index (χ0) is 50.4. The van der Waals surface area contributed by atoms with Crippen LogP contribution in [0.15, 0.2) is 133 Å². The second-order valence-electron chi connectivity index (χ2n) is 17.0. The van der Waals surface area contributed by atoms with Gasteiger partial charge in [0.1, 0.15) is 44.2 Å². The van der Waals surface area contributed by atoms with Gasteiger partial charge < -0.3 is 38.6 Å². The van der Waals surface area contributed by atoms with Crippen LogP contribution in [0.25, 0.3) is 0 Å². The van der Waals surface area contributed by atoms with E-state index in [1.54, 1.807) is 82.3 Å². The van der Waals surface area contributed by atoms with Crippen molar-refractivity contribution in [1.29, 1.82) is 0 Å². The predicted octanol–water partition coefficient (Wildman–Crippen LogP) is 13.4. The van der Waals surface area contributed by atoms with E-state index in [4.69, 9.17) is 74.8 Å². The van der Waals surface area contributed by atoms with Gasteiger partial charge in [-0.2, -0.15) is 0 Å². The van der Waals surface area contributed by atoms with Crippen molar-refractivity contribution in [3.8, 4) is 23.0 Å². The molecule has 0 radical (unpaired) electrons. The maximum absolute atomic E-state index is 13.3. The lowest BCUT2D eigenvalue weighted by molar-refractivity contribution is -0.154. The van der Waals surface area contributed by atoms with Crippen LogP contribution in [0.4, 0.5) is 4.79 Å². The van der Waals surface area contributed by atoms with Gasteiger partial charge in [-0.1, -0.05) is 143 Å². The molecular formula is C54H53Cl4NO11. The number of ether oxygens (including phenoxy) is 6. The number of para-hydroxylation sites is 2. The van der Waals surface area contributed by atoms with Gasteiger partial charge in [0.25, 0.3) is 0 Å². The molecular weight excluding hydrogens is 980 g/mol. The summed E-state index contributed by atoms with van der Waals surface area (Å²) < 4.78 is 35.6. The molecule has 70 heavy (non-hydrogen) atoms. The summed E-state index contributed by atoms with van der Waals surface area (Å²) in [6, 6.07) is 38.6. The van der Waals surface area contributed by atoms with E-state index in [-0.39, 0.29) is 43.5 Å². The summed E-state index contributed by atoms with van der Waals surface area (Å²) in [7, 11) is 0. The van der Waals surface area contributed by atoms with Crippen molar-refractivity contribution in [3.05, 3.63) is 187 Å². The molecule has 1 amide bonds. The minimum atomic E-state index is -1.76. The van der Waals surface area contributed by atoms with E-state index in [0.29, 0.717) is 62.1 Å². The van der Waals surface area contributed by atoms with Crippen LogP contribution >= 0.6 is 46.4 Å². The molecule has 3 atom stereocenters. The Hall–Kier alpha value is -6.15. The first-order valence-corrected chi connectivity index (χ1v) is 23.8. The maximum Gasteiger partial charge on any atom is 0.411 e. The van der Waals surface area contributed by atoms with Crippen LogP contribution in [0.1, 0.15) is 86.1 Å². The third-order valence-electron chi connectivity index (χ3n) is 10.8. The monoisotopic (exact) mass is 1030 g/mol. The molecule has 0 spiro atoms. The average Bonchev–Trinajstić information content (AvgIpc) is 3.84. The summed E-state index contributed by atoms with van der Waals surface area (Å²) in [5.41, 5.74) is 3.12. The third-order valence-corrected chi connectivity index (χ3v) is 12.2. The second kappa shape index (κ2) is 25.1. The highest BCUT2D eigenvalue weighted by molar-refractivity contribution is 6.32. The Balaban J connectivity index is 0.000000244. The molecule has 16 heteroatoms. The molecule has 1 aliphatic rings. The lowest BCUT2D eigenvalue weighted by atomic mass is 10.1. The molecule has 6 aromatic rings. The number of rotatable bonds is 17. The number of esters is 1. The number of carboxylic acids is 1. The molecule has 1 unspecified atom stereocenters. The van der Waals surface area contributed by atoms with Crippen molar-refractivity contribution >= 4 is 64.4 Å². The average molecular weight is 1030 g/mol. The molecule has 1 saturated heterocycles. The normalized spacial score (nSPS) is 14.1. The Morgan fingerprint density at radius 1 is 0.600 bits per heavy atom. The molecule has 7 rings (SSSR count). The lowest BCUT2D eigenvalue weighted by Crippen LogP contribution is -2.44. The Labute approximate surface area is 427 Å². The number of carboxylic acid groups (broad SMARTS) is 1. The quantitative estimate of drug-likeness (QED) is 0.0840. The van der Waals surface area contributed by atoms with Crippen molar-refractivity contribution in [2.45, 2.75) is 90.8 Å². The highest BCUT2D eigenvalue weighted by atomic mass is 35.5. The van der Waals surface area contributed by atoms with Gasteiger partial charge in [-0.05, 0) is 76.9 Å². The fourth-order valence-electron chi connectivity index (χ4n) is 7.21. The van der Waals surface area contributed by atoms with Crippen LogP contribution in [-0.2, 0) is 45.5 Å². The van der Waals surface area contributed by atoms with Gasteiger partial charge in [-0.15, -0.1) is 0 Å². The lowest BCUT2D eigenvalue weighted by Gasteiger charge is -2.28. The standard InChI is InChI=1S/C32H35Cl2NO6.C22H18Cl2O5/c1-21(40-30(36)27-16-10-18-35(27)31(37)41-32(2,3)4)24-13-9-17-28(38-19-22-11-5-7-14-25(22)33)29(24)39-20-23-12-6-8-15-26(23)34;23-17-9-3-1-6-14(17)12-28-19-11-5-8-16(20(25)22(26)27)21(19)29-13-15-7-2-4-10-18(15)24/h5-9,11-15,17,21,27H,10,16,18-20H2,1-4H3;1-11,20,25H,12-13H2,(H,26,27)/t21-,27?;20-/m10/s1. The van der Waals surface area contributed by atoms with E-state index in [1.165, 1.54) is 11.0 Å². The zero-order valence-electron chi connectivity index (χ0n) is 38.9. The summed E-state index contributed by atoms with van der Waals surface area (Å²) in [6.45, 7) is 8.19. The number of likely N-dealkylation sites (tertiary alicyclic amines) is 1. The van der Waals surface area contributed by atoms with E-state index in [9.17, 15) is 24.6 Å². The fraction of sp³-hybridized carbons (Fsp3) is 0.278. The van der Waals surface area contributed by atoms with Crippen LogP contribution in [0.5, 0.6) is 23.0 Å². The van der Waals surface area contributed by atoms with Crippen molar-refractivity contribution in [2.24, 2.45) is 0 Å². The Kier molecular flexibility index (Phi) is 19.1. The molecule has 2 N–H and O–H groups in total. The van der Waals surface area contributed by atoms with Gasteiger partial charge in [-0.25, -0.2) is 14.4 Å². The van der Waals surface area contributed by atoms with Gasteiger partial charge in [0, 0.05) is 60.0 Å². The second-order valence-corrected chi connectivity index (χ2v) is 18.6. The molecule has 12 nitrogen and oxygen atoms in total. The van der Waals surface area contributed by atoms with Gasteiger partial charge in [0.15, 0.2) is 29.1 Å². The fourth-order valence-corrected chi connectivity index (χ4v) is 7.97. The minimum absolute atomic E-state index is 0.0749. The van der Waals surface area contributed by atoms with E-state index >= 15 is 0 Å². The van der Waals surface area contributed by atoms with Crippen LogP contribution < -0.4 is 18.9 Å². The zero-order valence-corrected chi connectivity index (χ0v) is 41.9. The van der Waals surface area contributed by atoms with E-state index < -0.39 is 41.9 Å². The first kappa shape index (κ1) is 53.2. The first-order chi connectivity index (χ1) is 33.5. The Morgan fingerprint density at radius 2 is 1.00 bits per heavy atom. The van der Waals surface area contributed by atoms with Crippen LogP contribution in [0, 0.1) is 0 Å². The maximum atomic E-state index is 13.3. The number of halogens is 4. The Morgan fingerprint density at radius 3 is 1.41 bits per heavy atom. The number of carbonyl (C=O) groups is 3. The van der Waals surface area contributed by atoms with Crippen LogP contribution in [0.2, 0.25) is 20.1 Å². The van der Waals surface area contributed by atoms with E-state index in [0.717, 1.165) is 16.7 Å². The molecule has 1 fully saturated rings. The number of benzene rings is 6. The number of aliphatic hydroxyl groups excluding tert-OH is 1. The van der Waals surface area contributed by atoms with E-state index in [1.807, 2.05) is 72.8 Å². The Bertz CT molecular complexity index is 2750. The van der Waals surface area contributed by atoms with Gasteiger partial charge in [-0.3, -0.25) is 4.90 Å². The number of aliphatic hydroxyl groups is 1. The summed E-state index contributed by atoms with van der Waals surface area (Å²) in [5.74, 6) is -0.580. The molecule has 0 saturated carbocycles. The topological polar surface area (TPSA) is 150 Å². The highest BCUT2D eigenvalue weighted by Gasteiger charge is 2.38. The molecule has 0 aromatic heterocycles. The number of amides is 1. The molecule has 1 aliphatic heterocycles. The molecule has 0 bridgehead atoms. The summed E-state index contributed by atoms with van der Waals surface area (Å²) in [4.78, 5) is 38.8. The molecule has 1 heterocycles. The number of carbonyl (C=O) groups excluding carboxylic acids is 2. The predicted molar refractivity (Wildman–Crippen MR) is 269 cm³/mol. The SMILES string of the molecule is C[C@@H](OC(=O)C1CCCN1C(=O)OC(C)(C)C)c1cccc(OCc2ccccc2Cl)c1OCc1ccccc1Cl.O=C(O)[C@@H](O)c1cccc(OCc2ccccc2Cl)c1OCc1ccccc1Cl. The highest BCUT2D eigenvalue weighted by Crippen LogP contribution is 2.40. The first-order valence-electron chi connectivity index (χ1n) is 22.3. The smallest absolute Gasteiger partial charge is 0.411 e. The van der Waals surface area contributed by atoms with Crippen LogP contribution in [-0.4, -0.2) is 51.3 Å². The van der Waals surface area contributed by atoms with Crippen molar-refractivity contribution in [2.75, 3.05) is 6.54 Å². The van der Waals surface area contributed by atoms with Crippen molar-refractivity contribution in [1.82, 2.24) is 4.90 Å². The molecule has 0 aliphatic carbocycles. The summed E-state index contributed by atoms with van der Waals surface area (Å²) >= 11 is 25.1. The van der Waals surface area contributed by atoms with Crippen molar-refractivity contribution in [3.63, 3.8) is 0 Å². The van der Waals surface area contributed by atoms with Crippen LogP contribution in [0.3, 0.4) is 0 Å². The van der Waals surface area contributed by atoms with Gasteiger partial charge in [0.2, 0.25) is 0 Å². The summed E-state index contributed by atoms with van der Waals surface area (Å²) in [5, 5.41) is 21.6. The number of nitrogens with zero attached hydrogens (tertiary/aromatic N) is 1. The van der Waals surface area contributed by atoms with Crippen molar-refractivity contribution < 1.29 is 53.0 Å². The van der Waals surface area contributed by atoms with Gasteiger partial charge in [0.05, 0.1) is 0 Å². The number of hydrogen-bond donors (Lipinski definition) is 2. The largest absolute Gasteiger partial charge is 0.485 e. The summed E-state index contributed by atoms with van der Waals surface area (Å²) in [6.07, 6.45) is -1.80.